The number of furan rings is 1. The molecule has 0 spiro atoms. The molecule has 11 heavy (non-hydrogen) atoms. The van der Waals surface area contributed by atoms with Gasteiger partial charge in [0.2, 0.25) is 0 Å². The first-order chi connectivity index (χ1) is 5.18. The second-order valence-electron chi connectivity index (χ2n) is 1.92. The Kier molecular flexibility index (Phi) is 2.38. The minimum absolute atomic E-state index is 0.266. The fourth-order valence-electron chi connectivity index (χ4n) is 0.621. The number of carbonyl (C=O) groups is 1. The number of hydrogen-bond donors (Lipinski definition) is 2. The van der Waals surface area contributed by atoms with Gasteiger partial charge < -0.3 is 15.5 Å². The van der Waals surface area contributed by atoms with Crippen LogP contribution in [-0.4, -0.2) is 6.03 Å². The number of hydrogen-bond acceptors (Lipinski definition) is 2. The molecule has 3 N–H and O–H groups in total. The van der Waals surface area contributed by atoms with E-state index in [0.717, 1.165) is 0 Å². The van der Waals surface area contributed by atoms with Gasteiger partial charge in [0.1, 0.15) is 5.76 Å². The fraction of sp³-hybridized carbons (Fsp3) is 0.167. The van der Waals surface area contributed by atoms with E-state index in [9.17, 15) is 4.79 Å². The molecule has 0 aliphatic carbocycles. The highest BCUT2D eigenvalue weighted by molar-refractivity contribution is 6.28. The third-order valence-corrected chi connectivity index (χ3v) is 1.27. The highest BCUT2D eigenvalue weighted by Gasteiger charge is 1.99. The van der Waals surface area contributed by atoms with Gasteiger partial charge in [-0.15, -0.1) is 0 Å². The van der Waals surface area contributed by atoms with Crippen molar-refractivity contribution >= 4 is 17.6 Å². The van der Waals surface area contributed by atoms with E-state index in [2.05, 4.69) is 5.32 Å². The lowest BCUT2D eigenvalue weighted by Crippen LogP contribution is -2.28. The Balaban J connectivity index is 2.45. The van der Waals surface area contributed by atoms with Gasteiger partial charge in [0, 0.05) is 0 Å². The number of amides is 2. The van der Waals surface area contributed by atoms with Gasteiger partial charge in [-0.05, 0) is 23.7 Å². The van der Waals surface area contributed by atoms with Crippen molar-refractivity contribution in [2.75, 3.05) is 0 Å². The maximum absolute atomic E-state index is 10.2. The normalized spacial score (nSPS) is 9.55. The van der Waals surface area contributed by atoms with E-state index in [4.69, 9.17) is 21.8 Å². The summed E-state index contributed by atoms with van der Waals surface area (Å²) in [6, 6.07) is 2.68. The third-order valence-electron chi connectivity index (χ3n) is 1.07. The number of carbonyl (C=O) groups excluding carboxylic acids is 1. The smallest absolute Gasteiger partial charge is 0.312 e. The standard InChI is InChI=1S/C6H7ClN2O2/c7-5-2-1-4(11-5)3-9-6(8)10/h1-2H,3H2,(H3,8,9,10). The summed E-state index contributed by atoms with van der Waals surface area (Å²) in [7, 11) is 0. The van der Waals surface area contributed by atoms with Gasteiger partial charge in [-0.25, -0.2) is 4.79 Å². The van der Waals surface area contributed by atoms with E-state index in [1.54, 1.807) is 12.1 Å². The topological polar surface area (TPSA) is 68.3 Å². The quantitative estimate of drug-likeness (QED) is 0.705. The van der Waals surface area contributed by atoms with Crippen LogP contribution >= 0.6 is 11.6 Å². The van der Waals surface area contributed by atoms with Crippen LogP contribution in [0.5, 0.6) is 0 Å². The van der Waals surface area contributed by atoms with Gasteiger partial charge in [0.05, 0.1) is 6.54 Å². The first kappa shape index (κ1) is 7.94. The van der Waals surface area contributed by atoms with Crippen LogP contribution in [0, 0.1) is 0 Å². The highest BCUT2D eigenvalue weighted by Crippen LogP contribution is 2.12. The first-order valence-electron chi connectivity index (χ1n) is 2.96. The average molecular weight is 175 g/mol. The van der Waals surface area contributed by atoms with Crippen molar-refractivity contribution in [1.29, 1.82) is 0 Å². The summed E-state index contributed by atoms with van der Waals surface area (Å²) in [4.78, 5) is 10.2. The van der Waals surface area contributed by atoms with E-state index in [-0.39, 0.29) is 6.54 Å². The van der Waals surface area contributed by atoms with Crippen molar-refractivity contribution in [3.63, 3.8) is 0 Å². The summed E-state index contributed by atoms with van der Waals surface area (Å²) in [5.74, 6) is 0.578. The van der Waals surface area contributed by atoms with Crippen LogP contribution in [0.2, 0.25) is 5.22 Å². The van der Waals surface area contributed by atoms with Gasteiger partial charge in [-0.1, -0.05) is 0 Å². The molecule has 0 radical (unpaired) electrons. The number of primary amides is 1. The molecule has 0 fully saturated rings. The van der Waals surface area contributed by atoms with Crippen molar-refractivity contribution in [3.05, 3.63) is 23.1 Å². The van der Waals surface area contributed by atoms with Crippen molar-refractivity contribution < 1.29 is 9.21 Å². The summed E-state index contributed by atoms with van der Waals surface area (Å²) in [6.07, 6.45) is 0. The lowest BCUT2D eigenvalue weighted by molar-refractivity contribution is 0.247. The highest BCUT2D eigenvalue weighted by atomic mass is 35.5. The Morgan fingerprint density at radius 1 is 1.73 bits per heavy atom. The van der Waals surface area contributed by atoms with Crippen molar-refractivity contribution in [1.82, 2.24) is 5.32 Å². The Morgan fingerprint density at radius 2 is 2.45 bits per heavy atom. The third kappa shape index (κ3) is 2.51. The molecule has 4 nitrogen and oxygen atoms in total. The van der Waals surface area contributed by atoms with Crippen molar-refractivity contribution in [2.45, 2.75) is 6.54 Å². The molecule has 0 saturated heterocycles. The summed E-state index contributed by atoms with van der Waals surface area (Å²) in [6.45, 7) is 0.266. The molecule has 1 rings (SSSR count). The summed E-state index contributed by atoms with van der Waals surface area (Å²) < 4.78 is 4.93. The molecule has 0 aliphatic rings. The fourth-order valence-corrected chi connectivity index (χ4v) is 0.783. The molecule has 0 aliphatic heterocycles. The SMILES string of the molecule is NC(=O)NCc1ccc(Cl)o1. The Bertz CT molecular complexity index is 259. The molecule has 0 unspecified atom stereocenters. The first-order valence-corrected chi connectivity index (χ1v) is 3.34. The minimum atomic E-state index is -0.586. The zero-order valence-corrected chi connectivity index (χ0v) is 6.39. The lowest BCUT2D eigenvalue weighted by atomic mass is 10.4. The van der Waals surface area contributed by atoms with Crippen LogP contribution in [0.3, 0.4) is 0 Å². The van der Waals surface area contributed by atoms with Crippen LogP contribution < -0.4 is 11.1 Å². The van der Waals surface area contributed by atoms with Gasteiger partial charge >= 0.3 is 6.03 Å². The van der Waals surface area contributed by atoms with Crippen LogP contribution in [0.1, 0.15) is 5.76 Å². The second-order valence-corrected chi connectivity index (χ2v) is 2.30. The van der Waals surface area contributed by atoms with Crippen LogP contribution in [-0.2, 0) is 6.54 Å². The van der Waals surface area contributed by atoms with E-state index in [1.165, 1.54) is 0 Å². The molecule has 0 atom stereocenters. The number of nitrogens with two attached hydrogens (primary N) is 1. The summed E-state index contributed by atoms with van der Waals surface area (Å²) in [5, 5.41) is 2.66. The maximum Gasteiger partial charge on any atom is 0.312 e. The molecular formula is C6H7ClN2O2. The number of halogens is 1. The molecular weight excluding hydrogens is 168 g/mol. The zero-order valence-electron chi connectivity index (χ0n) is 5.63. The van der Waals surface area contributed by atoms with Crippen molar-refractivity contribution in [2.24, 2.45) is 5.73 Å². The van der Waals surface area contributed by atoms with Crippen molar-refractivity contribution in [3.8, 4) is 0 Å². The largest absolute Gasteiger partial charge is 0.448 e. The predicted molar refractivity (Wildman–Crippen MR) is 40.1 cm³/mol. The van der Waals surface area contributed by atoms with Crippen LogP contribution in [0.25, 0.3) is 0 Å². The number of nitrogens with one attached hydrogen (secondary N) is 1. The van der Waals surface area contributed by atoms with Gasteiger partial charge in [0.25, 0.3) is 0 Å². The van der Waals surface area contributed by atoms with E-state index in [1.807, 2.05) is 0 Å². The van der Waals surface area contributed by atoms with Crippen LogP contribution in [0.4, 0.5) is 4.79 Å². The molecule has 1 aromatic heterocycles. The summed E-state index contributed by atoms with van der Waals surface area (Å²) in [5.41, 5.74) is 4.82. The van der Waals surface area contributed by atoms with E-state index < -0.39 is 6.03 Å². The maximum atomic E-state index is 10.2. The van der Waals surface area contributed by atoms with Gasteiger partial charge in [-0.3, -0.25) is 0 Å². The second kappa shape index (κ2) is 3.30. The number of rotatable bonds is 2. The van der Waals surface area contributed by atoms with Gasteiger partial charge in [0.15, 0.2) is 5.22 Å². The Hall–Kier alpha value is -1.16. The average Bonchev–Trinajstić information content (AvgIpc) is 2.31. The van der Waals surface area contributed by atoms with Crippen LogP contribution in [0.15, 0.2) is 16.5 Å². The van der Waals surface area contributed by atoms with E-state index >= 15 is 0 Å². The number of urea groups is 1. The molecule has 60 valence electrons. The molecule has 0 aromatic carbocycles. The lowest BCUT2D eigenvalue weighted by Gasteiger charge is -1.95. The minimum Gasteiger partial charge on any atom is -0.448 e. The Labute approximate surface area is 68.3 Å². The molecule has 0 saturated carbocycles. The molecule has 1 heterocycles. The Morgan fingerprint density at radius 3 is 2.91 bits per heavy atom. The molecule has 2 amide bonds. The molecule has 1 aromatic rings. The monoisotopic (exact) mass is 174 g/mol. The molecule has 0 bridgehead atoms. The zero-order chi connectivity index (χ0) is 8.27. The van der Waals surface area contributed by atoms with Gasteiger partial charge in [-0.2, -0.15) is 0 Å². The predicted octanol–water partition coefficient (Wildman–Crippen LogP) is 1.10. The molecule has 5 heteroatoms. The summed E-state index contributed by atoms with van der Waals surface area (Å²) >= 11 is 5.47. The van der Waals surface area contributed by atoms with E-state index in [0.29, 0.717) is 11.0 Å².